The standard InChI is InChI=1S/2C42H30N4.C35H25N3/c1-42(2)33-21-13-12-20-31(33)37-34(42)23-25-36-38(37)32-26-30(27-14-6-3-7-15-27)22-24-35(32)46(36)41-44-39(28-16-8-4-9-17-28)43-40(45-41)29-18-10-5-11-19-29;1-42(2)33-22-11-9-20-31(33)37-34(42)24-25-36-38(37)32-21-10-12-23-35(32)46(36)41-44-39(28-16-7-4-8-17-28)43-40(45-41)30-19-13-18-29(26-30)27-14-5-3-6-15-27;1-35(2)25-16-8-6-14-23(25)31-26(35)20-21-30-32(31)24-15-7-11-19-29(24)38(30)34-33(22-12-4-3-5-13-22)36-27-17-9-10-18-28(27)37-34/h2*3-26H,1-2H3;3-21H,1-2H3. The van der Waals surface area contributed by atoms with Crippen molar-refractivity contribution in [1.82, 2.24) is 53.6 Å². The number of fused-ring (bicyclic) bond motifs is 22. The molecule has 130 heavy (non-hydrogen) atoms. The van der Waals surface area contributed by atoms with E-state index in [1.807, 2.05) is 91.0 Å². The summed E-state index contributed by atoms with van der Waals surface area (Å²) in [6.45, 7) is 14.0. The summed E-state index contributed by atoms with van der Waals surface area (Å²) in [5.74, 6) is 4.63. The number of aromatic nitrogens is 11. The summed E-state index contributed by atoms with van der Waals surface area (Å²) in [6, 6.07) is 143. The highest BCUT2D eigenvalue weighted by atomic mass is 15.2. The van der Waals surface area contributed by atoms with E-state index >= 15 is 0 Å². The van der Waals surface area contributed by atoms with Gasteiger partial charge in [-0.15, -0.1) is 0 Å². The molecule has 0 bridgehead atoms. The van der Waals surface area contributed by atoms with E-state index in [0.29, 0.717) is 35.2 Å². The SMILES string of the molecule is CC1(C)c2ccccc2-c2c1ccc1c2c2cc(-c3ccccc3)ccc2n1-c1nc(-c2ccccc2)nc(-c2ccccc2)n1.CC1(C)c2ccccc2-c2c1ccc1c2c2ccccc2n1-c1nc(-c2ccccc2)nc(-c2cccc(-c3ccccc3)c2)n1.CC1(C)c2ccccc2-c2c1ccc1c2c2ccccc2n1-c1nc2ccccc2nc1-c1ccccc1. The molecule has 3 aliphatic carbocycles. The third-order valence-corrected chi connectivity index (χ3v) is 27.1. The Labute approximate surface area is 752 Å². The quantitative estimate of drug-likeness (QED) is 0.133. The molecule has 0 saturated heterocycles. The van der Waals surface area contributed by atoms with E-state index in [-0.39, 0.29) is 16.2 Å². The van der Waals surface area contributed by atoms with Crippen molar-refractivity contribution in [3.05, 3.63) is 440 Å². The van der Waals surface area contributed by atoms with Gasteiger partial charge < -0.3 is 0 Å². The van der Waals surface area contributed by atoms with Gasteiger partial charge in [-0.05, 0) is 150 Å². The lowest BCUT2D eigenvalue weighted by Gasteiger charge is -2.21. The molecule has 0 radical (unpaired) electrons. The molecular formula is C119H85N11. The summed E-state index contributed by atoms with van der Waals surface area (Å²) in [7, 11) is 0. The Balaban J connectivity index is 0.000000109. The average Bonchev–Trinajstić information content (AvgIpc) is 1.54. The van der Waals surface area contributed by atoms with Crippen molar-refractivity contribution in [3.8, 4) is 130 Å². The fourth-order valence-corrected chi connectivity index (χ4v) is 20.9. The summed E-state index contributed by atoms with van der Waals surface area (Å²) in [6.07, 6.45) is 0. The van der Waals surface area contributed by atoms with Crippen LogP contribution in [0.1, 0.15) is 74.9 Å². The number of hydrogen-bond acceptors (Lipinski definition) is 8. The van der Waals surface area contributed by atoms with Gasteiger partial charge in [0.25, 0.3) is 0 Å². The maximum atomic E-state index is 5.26. The molecule has 0 fully saturated rings. The monoisotopic (exact) mass is 1670 g/mol. The van der Waals surface area contributed by atoms with Gasteiger partial charge in [0.1, 0.15) is 5.69 Å². The van der Waals surface area contributed by atoms with Crippen molar-refractivity contribution in [2.45, 2.75) is 57.8 Å². The van der Waals surface area contributed by atoms with E-state index in [1.165, 1.54) is 110 Å². The van der Waals surface area contributed by atoms with E-state index in [9.17, 15) is 0 Å². The van der Waals surface area contributed by atoms with Crippen molar-refractivity contribution < 1.29 is 0 Å². The van der Waals surface area contributed by atoms with Gasteiger partial charge in [-0.3, -0.25) is 13.7 Å². The number of benzene rings is 17. The lowest BCUT2D eigenvalue weighted by molar-refractivity contribution is 0.660. The molecule has 0 N–H and O–H groups in total. The van der Waals surface area contributed by atoms with Crippen molar-refractivity contribution in [1.29, 1.82) is 0 Å². The number of nitrogens with zero attached hydrogens (tertiary/aromatic N) is 11. The molecule has 23 aromatic rings. The number of rotatable bonds is 10. The third-order valence-electron chi connectivity index (χ3n) is 27.1. The zero-order valence-electron chi connectivity index (χ0n) is 72.6. The van der Waals surface area contributed by atoms with Gasteiger partial charge in [-0.1, -0.05) is 387 Å². The van der Waals surface area contributed by atoms with Crippen LogP contribution in [-0.4, -0.2) is 53.6 Å². The van der Waals surface area contributed by atoms with Crippen molar-refractivity contribution >= 4 is 76.5 Å². The Kier molecular flexibility index (Phi) is 18.0. The minimum absolute atomic E-state index is 0.0543. The summed E-state index contributed by atoms with van der Waals surface area (Å²) < 4.78 is 6.77. The van der Waals surface area contributed by atoms with E-state index in [4.69, 9.17) is 39.9 Å². The maximum absolute atomic E-state index is 5.26. The lowest BCUT2D eigenvalue weighted by Crippen LogP contribution is -2.14. The van der Waals surface area contributed by atoms with E-state index in [2.05, 4.69) is 371 Å². The van der Waals surface area contributed by atoms with Gasteiger partial charge in [0, 0.05) is 76.4 Å². The molecule has 6 aromatic heterocycles. The lowest BCUT2D eigenvalue weighted by atomic mass is 9.82. The zero-order valence-corrected chi connectivity index (χ0v) is 72.6. The first-order valence-electron chi connectivity index (χ1n) is 44.6. The molecule has 0 atom stereocenters. The Hall–Kier alpha value is -16.5. The average molecular weight is 1670 g/mol. The highest BCUT2D eigenvalue weighted by molar-refractivity contribution is 6.21. The Morgan fingerprint density at radius 1 is 0.192 bits per heavy atom. The van der Waals surface area contributed by atoms with Crippen LogP contribution in [0.15, 0.2) is 406 Å². The molecule has 6 heterocycles. The molecule has 17 aromatic carbocycles. The highest BCUT2D eigenvalue weighted by Gasteiger charge is 2.41. The normalized spacial score (nSPS) is 13.3. The maximum Gasteiger partial charge on any atom is 0.238 e. The van der Waals surface area contributed by atoms with Crippen LogP contribution >= 0.6 is 0 Å². The summed E-state index contributed by atoms with van der Waals surface area (Å²) >= 11 is 0. The molecule has 0 spiro atoms. The van der Waals surface area contributed by atoms with Crippen LogP contribution in [0, 0.1) is 0 Å². The van der Waals surface area contributed by atoms with E-state index < -0.39 is 0 Å². The predicted molar refractivity (Wildman–Crippen MR) is 533 cm³/mol. The minimum Gasteiger partial charge on any atom is -0.292 e. The topological polar surface area (TPSA) is 118 Å². The summed E-state index contributed by atoms with van der Waals surface area (Å²) in [5, 5.41) is 7.36. The van der Waals surface area contributed by atoms with E-state index in [0.717, 1.165) is 94.6 Å². The predicted octanol–water partition coefficient (Wildman–Crippen LogP) is 29.3. The van der Waals surface area contributed by atoms with Gasteiger partial charge in [-0.2, -0.15) is 19.9 Å². The van der Waals surface area contributed by atoms with Crippen molar-refractivity contribution in [2.24, 2.45) is 0 Å². The number of hydrogen-bond donors (Lipinski definition) is 0. The second-order valence-corrected chi connectivity index (χ2v) is 35.7. The van der Waals surface area contributed by atoms with Crippen LogP contribution < -0.4 is 0 Å². The second-order valence-electron chi connectivity index (χ2n) is 35.7. The third kappa shape index (κ3) is 12.4. The minimum atomic E-state index is -0.111. The molecule has 11 nitrogen and oxygen atoms in total. The first-order valence-corrected chi connectivity index (χ1v) is 44.6. The molecule has 616 valence electrons. The Morgan fingerprint density at radius 2 is 0.500 bits per heavy atom. The smallest absolute Gasteiger partial charge is 0.238 e. The van der Waals surface area contributed by atoms with Crippen LogP contribution in [0.5, 0.6) is 0 Å². The fraction of sp³-hybridized carbons (Fsp3) is 0.0756. The van der Waals surface area contributed by atoms with E-state index in [1.54, 1.807) is 0 Å². The molecule has 0 unspecified atom stereocenters. The summed E-state index contributed by atoms with van der Waals surface area (Å²) in [4.78, 5) is 41.1. The van der Waals surface area contributed by atoms with Crippen LogP contribution in [0.3, 0.4) is 0 Å². The molecule has 0 aliphatic heterocycles. The van der Waals surface area contributed by atoms with Crippen LogP contribution in [0.4, 0.5) is 0 Å². The first-order chi connectivity index (χ1) is 63.8. The zero-order chi connectivity index (χ0) is 87.1. The first kappa shape index (κ1) is 77.1. The van der Waals surface area contributed by atoms with Crippen LogP contribution in [0.2, 0.25) is 0 Å². The van der Waals surface area contributed by atoms with Gasteiger partial charge in [0.15, 0.2) is 29.1 Å². The van der Waals surface area contributed by atoms with Gasteiger partial charge >= 0.3 is 0 Å². The van der Waals surface area contributed by atoms with Crippen molar-refractivity contribution in [2.75, 3.05) is 0 Å². The molecule has 0 saturated carbocycles. The molecule has 0 amide bonds. The molecule has 26 rings (SSSR count). The molecular weight excluding hydrogens is 1580 g/mol. The summed E-state index contributed by atoms with van der Waals surface area (Å²) in [5.41, 5.74) is 34.5. The number of para-hydroxylation sites is 4. The van der Waals surface area contributed by atoms with Crippen LogP contribution in [-0.2, 0) is 16.2 Å². The highest BCUT2D eigenvalue weighted by Crippen LogP contribution is 2.57. The van der Waals surface area contributed by atoms with Gasteiger partial charge in [-0.25, -0.2) is 19.9 Å². The second kappa shape index (κ2) is 30.4. The fourth-order valence-electron chi connectivity index (χ4n) is 20.9. The Bertz CT molecular complexity index is 8430. The van der Waals surface area contributed by atoms with Gasteiger partial charge in [0.2, 0.25) is 11.9 Å². The largest absolute Gasteiger partial charge is 0.292 e. The van der Waals surface area contributed by atoms with Gasteiger partial charge in [0.05, 0.1) is 44.1 Å². The van der Waals surface area contributed by atoms with Crippen LogP contribution in [0.25, 0.3) is 207 Å². The molecule has 3 aliphatic rings. The van der Waals surface area contributed by atoms with Crippen molar-refractivity contribution in [3.63, 3.8) is 0 Å². The Morgan fingerprint density at radius 3 is 0.938 bits per heavy atom. The molecule has 11 heteroatoms.